The van der Waals surface area contributed by atoms with Crippen LogP contribution in [0.25, 0.3) is 0 Å². The van der Waals surface area contributed by atoms with Crippen LogP contribution in [-0.2, 0) is 0 Å². The second-order valence-electron chi connectivity index (χ2n) is 5.65. The van der Waals surface area contributed by atoms with Gasteiger partial charge in [0, 0.05) is 29.6 Å². The highest BCUT2D eigenvalue weighted by molar-refractivity contribution is 6.20. The maximum Gasteiger partial charge on any atom is 0.270 e. The van der Waals surface area contributed by atoms with Crippen molar-refractivity contribution in [2.75, 3.05) is 6.54 Å². The number of benzene rings is 1. The van der Waals surface area contributed by atoms with Crippen LogP contribution in [0, 0.1) is 23.0 Å². The molecule has 0 aliphatic heterocycles. The first kappa shape index (κ1) is 15.8. The lowest BCUT2D eigenvalue weighted by atomic mass is 9.89. The third-order valence-electron chi connectivity index (χ3n) is 3.81. The highest BCUT2D eigenvalue weighted by Gasteiger charge is 2.21. The summed E-state index contributed by atoms with van der Waals surface area (Å²) >= 11 is 6.13. The number of nitro benzene ring substituents is 1. The van der Waals surface area contributed by atoms with Gasteiger partial charge in [0.25, 0.3) is 11.6 Å². The third-order valence-corrected chi connectivity index (χ3v) is 4.20. The Bertz CT molecular complexity index is 548. The van der Waals surface area contributed by atoms with Crippen LogP contribution in [0.4, 0.5) is 5.69 Å². The first-order valence-electron chi connectivity index (χ1n) is 7.14. The van der Waals surface area contributed by atoms with Crippen molar-refractivity contribution in [3.63, 3.8) is 0 Å². The van der Waals surface area contributed by atoms with Crippen molar-refractivity contribution in [1.29, 1.82) is 0 Å². The monoisotopic (exact) mass is 310 g/mol. The van der Waals surface area contributed by atoms with Crippen molar-refractivity contribution in [3.05, 3.63) is 39.4 Å². The summed E-state index contributed by atoms with van der Waals surface area (Å²) in [6.45, 7) is 2.31. The molecule has 1 aliphatic rings. The Balaban J connectivity index is 1.98. The Morgan fingerprint density at radius 2 is 2.19 bits per heavy atom. The fraction of sp³-hybridized carbons (Fsp3) is 0.533. The van der Waals surface area contributed by atoms with Gasteiger partial charge >= 0.3 is 0 Å². The van der Waals surface area contributed by atoms with Gasteiger partial charge in [0.1, 0.15) is 0 Å². The van der Waals surface area contributed by atoms with Crippen LogP contribution in [0.3, 0.4) is 0 Å². The largest absolute Gasteiger partial charge is 0.352 e. The van der Waals surface area contributed by atoms with E-state index in [-0.39, 0.29) is 17.0 Å². The van der Waals surface area contributed by atoms with Gasteiger partial charge in [-0.2, -0.15) is 0 Å². The molecule has 1 N–H and O–H groups in total. The van der Waals surface area contributed by atoms with E-state index < -0.39 is 4.92 Å². The summed E-state index contributed by atoms with van der Waals surface area (Å²) in [4.78, 5) is 22.5. The molecule has 1 aromatic rings. The van der Waals surface area contributed by atoms with Crippen molar-refractivity contribution in [2.45, 2.75) is 38.0 Å². The zero-order chi connectivity index (χ0) is 15.4. The molecular weight excluding hydrogens is 292 g/mol. The lowest BCUT2D eigenvalue weighted by Crippen LogP contribution is -2.32. The molecule has 0 radical (unpaired) electrons. The van der Waals surface area contributed by atoms with Crippen LogP contribution >= 0.6 is 11.6 Å². The number of carbonyl (C=O) groups is 1. The van der Waals surface area contributed by atoms with E-state index >= 15 is 0 Å². The molecule has 1 aromatic carbocycles. The summed E-state index contributed by atoms with van der Waals surface area (Å²) in [6.07, 6.45) is 4.11. The van der Waals surface area contributed by atoms with E-state index in [4.69, 9.17) is 11.6 Å². The minimum atomic E-state index is -0.483. The molecule has 0 spiro atoms. The van der Waals surface area contributed by atoms with Gasteiger partial charge in [-0.3, -0.25) is 14.9 Å². The standard InChI is InChI=1S/C15H19ClN2O3/c1-10-5-12(8-14(6-10)18(20)21)15(19)17-9-11-3-2-4-13(16)7-11/h5-6,8,11,13H,2-4,7,9H2,1H3,(H,17,19). The van der Waals surface area contributed by atoms with E-state index in [1.54, 1.807) is 13.0 Å². The van der Waals surface area contributed by atoms with Crippen molar-refractivity contribution < 1.29 is 9.72 Å². The van der Waals surface area contributed by atoms with E-state index in [9.17, 15) is 14.9 Å². The molecular formula is C15H19ClN2O3. The Morgan fingerprint density at radius 1 is 1.43 bits per heavy atom. The Hall–Kier alpha value is -1.62. The number of hydrogen-bond donors (Lipinski definition) is 1. The van der Waals surface area contributed by atoms with E-state index in [1.165, 1.54) is 12.1 Å². The number of amides is 1. The number of nitro groups is 1. The van der Waals surface area contributed by atoms with Crippen LogP contribution in [-0.4, -0.2) is 22.8 Å². The number of carbonyl (C=O) groups excluding carboxylic acids is 1. The van der Waals surface area contributed by atoms with Crippen LogP contribution in [0.15, 0.2) is 18.2 Å². The summed E-state index contributed by atoms with van der Waals surface area (Å²) in [5.74, 6) is 0.128. The number of non-ortho nitro benzene ring substituents is 1. The van der Waals surface area contributed by atoms with Gasteiger partial charge in [-0.15, -0.1) is 11.6 Å². The Kier molecular flexibility index (Phi) is 5.17. The number of nitrogens with one attached hydrogen (secondary N) is 1. The minimum Gasteiger partial charge on any atom is -0.352 e. The van der Waals surface area contributed by atoms with Crippen molar-refractivity contribution in [2.24, 2.45) is 5.92 Å². The number of nitrogens with zero attached hydrogens (tertiary/aromatic N) is 1. The van der Waals surface area contributed by atoms with Crippen LogP contribution in [0.1, 0.15) is 41.6 Å². The molecule has 1 saturated carbocycles. The average Bonchev–Trinajstić information content (AvgIpc) is 2.44. The van der Waals surface area contributed by atoms with Gasteiger partial charge < -0.3 is 5.32 Å². The van der Waals surface area contributed by atoms with Gasteiger partial charge in [0.15, 0.2) is 0 Å². The highest BCUT2D eigenvalue weighted by Crippen LogP contribution is 2.27. The van der Waals surface area contributed by atoms with Crippen LogP contribution in [0.2, 0.25) is 0 Å². The van der Waals surface area contributed by atoms with Crippen molar-refractivity contribution in [3.8, 4) is 0 Å². The SMILES string of the molecule is Cc1cc(C(=O)NCC2CCCC(Cl)C2)cc([N+](=O)[O-])c1. The fourth-order valence-electron chi connectivity index (χ4n) is 2.75. The molecule has 5 nitrogen and oxygen atoms in total. The van der Waals surface area contributed by atoms with E-state index in [1.807, 2.05) is 0 Å². The van der Waals surface area contributed by atoms with Crippen molar-refractivity contribution in [1.82, 2.24) is 5.32 Å². The number of halogens is 1. The molecule has 0 saturated heterocycles. The number of aryl methyl sites for hydroxylation is 1. The Morgan fingerprint density at radius 3 is 2.86 bits per heavy atom. The van der Waals surface area contributed by atoms with E-state index in [0.29, 0.717) is 23.6 Å². The predicted octanol–water partition coefficient (Wildman–Crippen LogP) is 3.43. The normalized spacial score (nSPS) is 21.8. The number of alkyl halides is 1. The smallest absolute Gasteiger partial charge is 0.270 e. The van der Waals surface area contributed by atoms with E-state index in [0.717, 1.165) is 25.7 Å². The van der Waals surface area contributed by atoms with Gasteiger partial charge in [0.05, 0.1) is 4.92 Å². The molecule has 0 aromatic heterocycles. The predicted molar refractivity (Wildman–Crippen MR) is 81.8 cm³/mol. The second kappa shape index (κ2) is 6.89. The summed E-state index contributed by atoms with van der Waals surface area (Å²) < 4.78 is 0. The highest BCUT2D eigenvalue weighted by atomic mass is 35.5. The molecule has 1 aliphatic carbocycles. The molecule has 1 fully saturated rings. The zero-order valence-corrected chi connectivity index (χ0v) is 12.7. The van der Waals surface area contributed by atoms with Crippen LogP contribution < -0.4 is 5.32 Å². The number of hydrogen-bond acceptors (Lipinski definition) is 3. The van der Waals surface area contributed by atoms with Gasteiger partial charge in [-0.1, -0.05) is 6.42 Å². The summed E-state index contributed by atoms with van der Waals surface area (Å²) in [6, 6.07) is 4.43. The molecule has 21 heavy (non-hydrogen) atoms. The topological polar surface area (TPSA) is 72.2 Å². The van der Waals surface area contributed by atoms with Crippen molar-refractivity contribution >= 4 is 23.2 Å². The molecule has 1 amide bonds. The summed E-state index contributed by atoms with van der Waals surface area (Å²) in [7, 11) is 0. The first-order chi connectivity index (χ1) is 9.95. The summed E-state index contributed by atoms with van der Waals surface area (Å²) in [5, 5.41) is 13.9. The molecule has 2 rings (SSSR count). The van der Waals surface area contributed by atoms with Gasteiger partial charge in [0.2, 0.25) is 0 Å². The average molecular weight is 311 g/mol. The maximum absolute atomic E-state index is 12.1. The third kappa shape index (κ3) is 4.43. The quantitative estimate of drug-likeness (QED) is 0.526. The molecule has 0 bridgehead atoms. The minimum absolute atomic E-state index is 0.0568. The van der Waals surface area contributed by atoms with Gasteiger partial charge in [-0.05, 0) is 43.7 Å². The van der Waals surface area contributed by atoms with Gasteiger partial charge in [-0.25, -0.2) is 0 Å². The number of rotatable bonds is 4. The fourth-order valence-corrected chi connectivity index (χ4v) is 3.16. The Labute approximate surface area is 128 Å². The maximum atomic E-state index is 12.1. The second-order valence-corrected chi connectivity index (χ2v) is 6.27. The summed E-state index contributed by atoms with van der Waals surface area (Å²) in [5.41, 5.74) is 0.978. The molecule has 6 heteroatoms. The van der Waals surface area contributed by atoms with Crippen LogP contribution in [0.5, 0.6) is 0 Å². The molecule has 114 valence electrons. The molecule has 0 heterocycles. The van der Waals surface area contributed by atoms with E-state index in [2.05, 4.69) is 5.32 Å². The lowest BCUT2D eigenvalue weighted by molar-refractivity contribution is -0.384. The molecule has 2 atom stereocenters. The lowest BCUT2D eigenvalue weighted by Gasteiger charge is -2.25. The zero-order valence-electron chi connectivity index (χ0n) is 12.0. The first-order valence-corrected chi connectivity index (χ1v) is 7.57. The molecule has 2 unspecified atom stereocenters.